The summed E-state index contributed by atoms with van der Waals surface area (Å²) < 4.78 is 22.0. The van der Waals surface area contributed by atoms with Crippen LogP contribution in [0, 0.1) is 0 Å². The predicted molar refractivity (Wildman–Crippen MR) is 29.3 cm³/mol. The molecular formula is C3H8N2O2S. The van der Waals surface area contributed by atoms with Gasteiger partial charge in [0, 0.05) is 6.54 Å². The van der Waals surface area contributed by atoms with Gasteiger partial charge in [-0.05, 0) is 6.42 Å². The molecular weight excluding hydrogens is 128 g/mol. The third-order valence-corrected chi connectivity index (χ3v) is 2.84. The maximum Gasteiger partial charge on any atom is 0.226 e. The lowest BCUT2D eigenvalue weighted by Gasteiger charge is -2.02. The summed E-state index contributed by atoms with van der Waals surface area (Å²) in [5.74, 6) is 5.27. The van der Waals surface area contributed by atoms with E-state index >= 15 is 0 Å². The van der Waals surface area contributed by atoms with Gasteiger partial charge in [0.1, 0.15) is 0 Å². The zero-order valence-electron chi connectivity index (χ0n) is 4.37. The van der Waals surface area contributed by atoms with E-state index < -0.39 is 10.0 Å². The molecule has 0 saturated carbocycles. The number of nitrogens with two attached hydrogens (primary N) is 1. The van der Waals surface area contributed by atoms with E-state index in [1.54, 1.807) is 0 Å². The molecule has 0 aromatic rings. The van der Waals surface area contributed by atoms with Crippen LogP contribution in [0.2, 0.25) is 0 Å². The topological polar surface area (TPSA) is 63.4 Å². The smallest absolute Gasteiger partial charge is 0.226 e. The van der Waals surface area contributed by atoms with Gasteiger partial charge in [0.25, 0.3) is 0 Å². The number of sulfonamides is 1. The molecule has 1 heterocycles. The minimum Gasteiger partial charge on any atom is -0.255 e. The van der Waals surface area contributed by atoms with E-state index in [9.17, 15) is 8.42 Å². The van der Waals surface area contributed by atoms with E-state index in [-0.39, 0.29) is 5.75 Å². The first-order valence-corrected chi connectivity index (χ1v) is 3.99. The highest BCUT2D eigenvalue weighted by Crippen LogP contribution is 2.06. The summed E-state index contributed by atoms with van der Waals surface area (Å²) in [6.07, 6.45) is 0.666. The molecule has 1 saturated heterocycles. The molecule has 5 heteroatoms. The van der Waals surface area contributed by atoms with Crippen LogP contribution >= 0.6 is 0 Å². The van der Waals surface area contributed by atoms with E-state index in [1.165, 1.54) is 0 Å². The Labute approximate surface area is 48.3 Å². The molecule has 0 amide bonds. The highest BCUT2D eigenvalue weighted by molar-refractivity contribution is 7.89. The van der Waals surface area contributed by atoms with Crippen LogP contribution in [0.25, 0.3) is 0 Å². The van der Waals surface area contributed by atoms with Crippen molar-refractivity contribution < 1.29 is 8.42 Å². The second kappa shape index (κ2) is 1.68. The Bertz CT molecular complexity index is 174. The second-order valence-corrected chi connectivity index (χ2v) is 3.82. The summed E-state index contributed by atoms with van der Waals surface area (Å²) in [4.78, 5) is 0. The van der Waals surface area contributed by atoms with Crippen molar-refractivity contribution >= 4 is 10.0 Å². The Morgan fingerprint density at radius 3 is 2.25 bits per heavy atom. The minimum atomic E-state index is -3.01. The molecule has 1 aliphatic heterocycles. The summed E-state index contributed by atoms with van der Waals surface area (Å²) in [6, 6.07) is 0. The van der Waals surface area contributed by atoms with Crippen LogP contribution in [0.1, 0.15) is 6.42 Å². The van der Waals surface area contributed by atoms with E-state index in [1.807, 2.05) is 0 Å². The molecule has 0 bridgehead atoms. The summed E-state index contributed by atoms with van der Waals surface area (Å²) in [6.45, 7) is 0.475. The Kier molecular flexibility index (Phi) is 1.26. The first kappa shape index (κ1) is 6.00. The Balaban J connectivity index is 2.85. The van der Waals surface area contributed by atoms with Crippen LogP contribution in [-0.4, -0.2) is 25.1 Å². The van der Waals surface area contributed by atoms with Gasteiger partial charge >= 0.3 is 0 Å². The van der Waals surface area contributed by atoms with Gasteiger partial charge in [0.15, 0.2) is 0 Å². The van der Waals surface area contributed by atoms with Crippen molar-refractivity contribution in [1.82, 2.24) is 4.41 Å². The molecule has 4 nitrogen and oxygen atoms in total. The molecule has 8 heavy (non-hydrogen) atoms. The van der Waals surface area contributed by atoms with Crippen LogP contribution in [0.5, 0.6) is 0 Å². The third kappa shape index (κ3) is 0.841. The summed E-state index contributed by atoms with van der Waals surface area (Å²) >= 11 is 0. The van der Waals surface area contributed by atoms with Crippen molar-refractivity contribution in [2.24, 2.45) is 5.84 Å². The van der Waals surface area contributed by atoms with Gasteiger partial charge in [-0.25, -0.2) is 8.42 Å². The van der Waals surface area contributed by atoms with Gasteiger partial charge in [-0.15, -0.1) is 4.41 Å². The number of hydrazine groups is 1. The Morgan fingerprint density at radius 2 is 2.12 bits per heavy atom. The molecule has 0 aromatic heterocycles. The van der Waals surface area contributed by atoms with Gasteiger partial charge in [-0.2, -0.15) is 0 Å². The quantitative estimate of drug-likeness (QED) is 0.430. The zero-order chi connectivity index (χ0) is 6.20. The van der Waals surface area contributed by atoms with Crippen LogP contribution in [0.4, 0.5) is 0 Å². The van der Waals surface area contributed by atoms with Gasteiger partial charge in [0.05, 0.1) is 5.75 Å². The van der Waals surface area contributed by atoms with Gasteiger partial charge in [-0.1, -0.05) is 0 Å². The maximum atomic E-state index is 10.6. The molecule has 1 aliphatic rings. The highest BCUT2D eigenvalue weighted by atomic mass is 32.2. The molecule has 0 spiro atoms. The van der Waals surface area contributed by atoms with Gasteiger partial charge < -0.3 is 0 Å². The van der Waals surface area contributed by atoms with Crippen LogP contribution in [0.15, 0.2) is 0 Å². The lowest BCUT2D eigenvalue weighted by Crippen LogP contribution is -2.32. The monoisotopic (exact) mass is 136 g/mol. The molecule has 0 radical (unpaired) electrons. The molecule has 1 fully saturated rings. The fourth-order valence-electron chi connectivity index (χ4n) is 0.659. The second-order valence-electron chi connectivity index (χ2n) is 1.78. The van der Waals surface area contributed by atoms with E-state index in [0.717, 1.165) is 4.41 Å². The van der Waals surface area contributed by atoms with Crippen molar-refractivity contribution in [3.8, 4) is 0 Å². The zero-order valence-corrected chi connectivity index (χ0v) is 5.19. The van der Waals surface area contributed by atoms with Crippen molar-refractivity contribution in [3.63, 3.8) is 0 Å². The predicted octanol–water partition coefficient (Wildman–Crippen LogP) is -1.10. The van der Waals surface area contributed by atoms with Gasteiger partial charge in [-0.3, -0.25) is 5.84 Å². The van der Waals surface area contributed by atoms with E-state index in [0.29, 0.717) is 13.0 Å². The number of rotatable bonds is 0. The molecule has 48 valence electrons. The van der Waals surface area contributed by atoms with Gasteiger partial charge in [0.2, 0.25) is 10.0 Å². The molecule has 0 atom stereocenters. The highest BCUT2D eigenvalue weighted by Gasteiger charge is 2.24. The van der Waals surface area contributed by atoms with Crippen LogP contribution in [0.3, 0.4) is 0 Å². The van der Waals surface area contributed by atoms with Crippen molar-refractivity contribution in [3.05, 3.63) is 0 Å². The summed E-state index contributed by atoms with van der Waals surface area (Å²) in [7, 11) is -3.01. The average molecular weight is 136 g/mol. The first-order valence-electron chi connectivity index (χ1n) is 2.38. The number of hydrogen-bond acceptors (Lipinski definition) is 3. The average Bonchev–Trinajstić information content (AvgIpc) is 1.86. The normalized spacial score (nSPS) is 28.6. The third-order valence-electron chi connectivity index (χ3n) is 1.14. The minimum absolute atomic E-state index is 0.212. The molecule has 0 aliphatic carbocycles. The fourth-order valence-corrected chi connectivity index (χ4v) is 1.79. The standard InChI is InChI=1S/C3H8N2O2S/c4-5-2-1-3-8(5,6)7/h1-4H2. The number of hydrogen-bond donors (Lipinski definition) is 1. The fraction of sp³-hybridized carbons (Fsp3) is 1.00. The maximum absolute atomic E-state index is 10.6. The first-order chi connectivity index (χ1) is 3.63. The van der Waals surface area contributed by atoms with Crippen LogP contribution in [-0.2, 0) is 10.0 Å². The summed E-state index contributed by atoms with van der Waals surface area (Å²) in [5, 5.41) is 0. The molecule has 1 rings (SSSR count). The van der Waals surface area contributed by atoms with Crippen molar-refractivity contribution in [2.45, 2.75) is 6.42 Å². The lowest BCUT2D eigenvalue weighted by molar-refractivity contribution is 0.462. The molecule has 0 aromatic carbocycles. The SMILES string of the molecule is NN1CCCS1(=O)=O. The van der Waals surface area contributed by atoms with Crippen molar-refractivity contribution in [2.75, 3.05) is 12.3 Å². The number of nitrogens with zero attached hydrogens (tertiary/aromatic N) is 1. The van der Waals surface area contributed by atoms with E-state index in [2.05, 4.69) is 0 Å². The molecule has 2 N–H and O–H groups in total. The van der Waals surface area contributed by atoms with Crippen molar-refractivity contribution in [1.29, 1.82) is 0 Å². The van der Waals surface area contributed by atoms with E-state index in [4.69, 9.17) is 5.84 Å². The Morgan fingerprint density at radius 1 is 1.50 bits per heavy atom. The van der Waals surface area contributed by atoms with Crippen LogP contribution < -0.4 is 5.84 Å². The Hall–Kier alpha value is -0.130. The lowest BCUT2D eigenvalue weighted by atomic mass is 10.5. The summed E-state index contributed by atoms with van der Waals surface area (Å²) in [5.41, 5.74) is 0. The molecule has 0 unspecified atom stereocenters. The largest absolute Gasteiger partial charge is 0.255 e.